The summed E-state index contributed by atoms with van der Waals surface area (Å²) in [5, 5.41) is 12.7. The molecular formula is C20H27N9O. The first-order chi connectivity index (χ1) is 14.7. The molecule has 0 aromatic carbocycles. The Morgan fingerprint density at radius 1 is 1.13 bits per heavy atom. The van der Waals surface area contributed by atoms with Crippen LogP contribution >= 0.6 is 0 Å². The van der Waals surface area contributed by atoms with E-state index in [4.69, 9.17) is 0 Å². The molecule has 0 unspecified atom stereocenters. The average molecular weight is 409 g/mol. The molecule has 3 aromatic rings. The normalized spacial score (nSPS) is 18.4. The maximum absolute atomic E-state index is 12.6. The number of fused-ring (bicyclic) bond motifs is 1. The van der Waals surface area contributed by atoms with Crippen molar-refractivity contribution in [3.63, 3.8) is 0 Å². The van der Waals surface area contributed by atoms with Gasteiger partial charge < -0.3 is 10.2 Å². The van der Waals surface area contributed by atoms with Crippen LogP contribution in [0.3, 0.4) is 0 Å². The van der Waals surface area contributed by atoms with Crippen molar-refractivity contribution >= 4 is 28.6 Å². The monoisotopic (exact) mass is 409 g/mol. The number of hydrogen-bond donors (Lipinski definition) is 1. The van der Waals surface area contributed by atoms with E-state index in [1.807, 2.05) is 24.0 Å². The zero-order valence-electron chi connectivity index (χ0n) is 17.2. The zero-order valence-corrected chi connectivity index (χ0v) is 17.2. The summed E-state index contributed by atoms with van der Waals surface area (Å²) in [5.41, 5.74) is 0.834. The number of aromatic nitrogens is 6. The number of rotatable bonds is 5. The van der Waals surface area contributed by atoms with Gasteiger partial charge in [-0.1, -0.05) is 12.8 Å². The second kappa shape index (κ2) is 8.02. The van der Waals surface area contributed by atoms with Crippen molar-refractivity contribution in [2.45, 2.75) is 31.7 Å². The van der Waals surface area contributed by atoms with Gasteiger partial charge >= 0.3 is 0 Å². The molecule has 2 aliphatic rings. The molecule has 1 amide bonds. The molecule has 1 saturated heterocycles. The molecule has 158 valence electrons. The van der Waals surface area contributed by atoms with Gasteiger partial charge in [-0.25, -0.2) is 14.6 Å². The lowest BCUT2D eigenvalue weighted by Gasteiger charge is -2.35. The van der Waals surface area contributed by atoms with Gasteiger partial charge in [-0.2, -0.15) is 10.2 Å². The van der Waals surface area contributed by atoms with Crippen LogP contribution in [0, 0.1) is 0 Å². The van der Waals surface area contributed by atoms with Gasteiger partial charge in [0.1, 0.15) is 18.0 Å². The summed E-state index contributed by atoms with van der Waals surface area (Å²) in [5.74, 6) is 1.74. The topological polar surface area (TPSA) is 97.0 Å². The first-order valence-corrected chi connectivity index (χ1v) is 10.6. The van der Waals surface area contributed by atoms with Crippen LogP contribution in [0.2, 0.25) is 0 Å². The van der Waals surface area contributed by atoms with E-state index in [1.54, 1.807) is 17.2 Å². The van der Waals surface area contributed by atoms with Crippen molar-refractivity contribution in [2.75, 3.05) is 42.9 Å². The van der Waals surface area contributed by atoms with Gasteiger partial charge in [-0.05, 0) is 12.8 Å². The van der Waals surface area contributed by atoms with E-state index in [0.29, 0.717) is 12.6 Å². The van der Waals surface area contributed by atoms with E-state index in [0.717, 1.165) is 61.7 Å². The highest BCUT2D eigenvalue weighted by Gasteiger charge is 2.24. The largest absolute Gasteiger partial charge is 0.353 e. The standard InChI is InChI=1S/C20H27N9O/c1-26-19-16(12-24-26)20(22-14-21-19)28-10-8-27(9-11-28)13-18(30)25-17-6-7-23-29(17)15-4-2-3-5-15/h6-7,12,14-15H,2-5,8-11,13H2,1H3,(H,25,30). The Kier molecular flexibility index (Phi) is 5.07. The van der Waals surface area contributed by atoms with Crippen molar-refractivity contribution in [1.29, 1.82) is 0 Å². The summed E-state index contributed by atoms with van der Waals surface area (Å²) in [4.78, 5) is 25.9. The number of anilines is 2. The molecular weight excluding hydrogens is 382 g/mol. The molecule has 0 bridgehead atoms. The number of hydrogen-bond acceptors (Lipinski definition) is 7. The lowest BCUT2D eigenvalue weighted by molar-refractivity contribution is -0.117. The fourth-order valence-electron chi connectivity index (χ4n) is 4.56. The molecule has 0 spiro atoms. The molecule has 10 heteroatoms. The van der Waals surface area contributed by atoms with Gasteiger partial charge in [-0.3, -0.25) is 14.4 Å². The number of carbonyl (C=O) groups is 1. The van der Waals surface area contributed by atoms with E-state index in [1.165, 1.54) is 12.8 Å². The van der Waals surface area contributed by atoms with Crippen LogP contribution in [0.5, 0.6) is 0 Å². The van der Waals surface area contributed by atoms with Crippen LogP contribution in [0.1, 0.15) is 31.7 Å². The van der Waals surface area contributed by atoms with Crippen LogP contribution in [0.4, 0.5) is 11.6 Å². The number of nitrogens with zero attached hydrogens (tertiary/aromatic N) is 8. The smallest absolute Gasteiger partial charge is 0.239 e. The summed E-state index contributed by atoms with van der Waals surface area (Å²) in [6.45, 7) is 3.63. The van der Waals surface area contributed by atoms with Crippen molar-refractivity contribution in [2.24, 2.45) is 7.05 Å². The molecule has 0 radical (unpaired) electrons. The van der Waals surface area contributed by atoms with E-state index in [-0.39, 0.29) is 5.91 Å². The number of piperazine rings is 1. The Hall–Kier alpha value is -3.01. The Labute approximate surface area is 174 Å². The fourth-order valence-corrected chi connectivity index (χ4v) is 4.56. The van der Waals surface area contributed by atoms with Gasteiger partial charge in [0.2, 0.25) is 5.91 Å². The number of nitrogens with one attached hydrogen (secondary N) is 1. The number of amides is 1. The van der Waals surface area contributed by atoms with Gasteiger partial charge in [-0.15, -0.1) is 0 Å². The van der Waals surface area contributed by atoms with Crippen LogP contribution in [0.15, 0.2) is 24.8 Å². The molecule has 5 rings (SSSR count). The van der Waals surface area contributed by atoms with Crippen molar-refractivity contribution in [3.05, 3.63) is 24.8 Å². The molecule has 1 N–H and O–H groups in total. The number of aryl methyl sites for hydroxylation is 1. The predicted octanol–water partition coefficient (Wildman–Crippen LogP) is 1.44. The summed E-state index contributed by atoms with van der Waals surface area (Å²) in [7, 11) is 1.88. The maximum atomic E-state index is 12.6. The fraction of sp³-hybridized carbons (Fsp3) is 0.550. The van der Waals surface area contributed by atoms with Crippen LogP contribution in [-0.2, 0) is 11.8 Å². The van der Waals surface area contributed by atoms with Crippen LogP contribution in [-0.4, -0.2) is 73.1 Å². The van der Waals surface area contributed by atoms with Crippen molar-refractivity contribution in [1.82, 2.24) is 34.4 Å². The average Bonchev–Trinajstić information content (AvgIpc) is 3.50. The number of carbonyl (C=O) groups excluding carboxylic acids is 1. The third-order valence-corrected chi connectivity index (χ3v) is 6.16. The van der Waals surface area contributed by atoms with Crippen molar-refractivity contribution in [3.8, 4) is 0 Å². The van der Waals surface area contributed by atoms with E-state index < -0.39 is 0 Å². The molecule has 30 heavy (non-hydrogen) atoms. The van der Waals surface area contributed by atoms with Gasteiger partial charge in [0.05, 0.1) is 30.4 Å². The summed E-state index contributed by atoms with van der Waals surface area (Å²) < 4.78 is 3.74. The lowest BCUT2D eigenvalue weighted by Crippen LogP contribution is -2.49. The molecule has 0 atom stereocenters. The molecule has 1 saturated carbocycles. The minimum Gasteiger partial charge on any atom is -0.353 e. The molecule has 3 aromatic heterocycles. The SMILES string of the molecule is Cn1ncc2c(N3CCN(CC(=O)Nc4ccnn4C4CCCC4)CC3)ncnc21. The summed E-state index contributed by atoms with van der Waals surface area (Å²) >= 11 is 0. The Bertz CT molecular complexity index is 1030. The highest BCUT2D eigenvalue weighted by Crippen LogP contribution is 2.31. The van der Waals surface area contributed by atoms with Gasteiger partial charge in [0.25, 0.3) is 0 Å². The minimum absolute atomic E-state index is 0.0138. The zero-order chi connectivity index (χ0) is 20.5. The molecule has 4 heterocycles. The van der Waals surface area contributed by atoms with E-state index in [9.17, 15) is 4.79 Å². The van der Waals surface area contributed by atoms with Gasteiger partial charge in [0, 0.05) is 39.3 Å². The first-order valence-electron chi connectivity index (χ1n) is 10.6. The third kappa shape index (κ3) is 3.62. The summed E-state index contributed by atoms with van der Waals surface area (Å²) in [6, 6.07) is 2.30. The van der Waals surface area contributed by atoms with Crippen molar-refractivity contribution < 1.29 is 4.79 Å². The predicted molar refractivity (Wildman–Crippen MR) is 113 cm³/mol. The molecule has 1 aliphatic heterocycles. The first kappa shape index (κ1) is 19.0. The summed E-state index contributed by atoms with van der Waals surface area (Å²) in [6.07, 6.45) is 9.93. The third-order valence-electron chi connectivity index (χ3n) is 6.16. The Balaban J connectivity index is 1.17. The second-order valence-corrected chi connectivity index (χ2v) is 8.11. The highest BCUT2D eigenvalue weighted by molar-refractivity contribution is 5.91. The Morgan fingerprint density at radius 3 is 2.73 bits per heavy atom. The van der Waals surface area contributed by atoms with Crippen LogP contribution < -0.4 is 10.2 Å². The second-order valence-electron chi connectivity index (χ2n) is 8.11. The highest BCUT2D eigenvalue weighted by atomic mass is 16.2. The Morgan fingerprint density at radius 2 is 1.93 bits per heavy atom. The van der Waals surface area contributed by atoms with Crippen LogP contribution in [0.25, 0.3) is 11.0 Å². The van der Waals surface area contributed by atoms with E-state index >= 15 is 0 Å². The quantitative estimate of drug-likeness (QED) is 0.681. The molecule has 1 aliphatic carbocycles. The molecule has 10 nitrogen and oxygen atoms in total. The minimum atomic E-state index is 0.0138. The van der Waals surface area contributed by atoms with E-state index in [2.05, 4.69) is 35.3 Å². The molecule has 2 fully saturated rings. The van der Waals surface area contributed by atoms with Gasteiger partial charge in [0.15, 0.2) is 5.65 Å². The lowest BCUT2D eigenvalue weighted by atomic mass is 10.2. The maximum Gasteiger partial charge on any atom is 0.239 e.